The Hall–Kier alpha value is 0. The average Bonchev–Trinajstić information content (AvgIpc) is 3.61. The summed E-state index contributed by atoms with van der Waals surface area (Å²) in [6.07, 6.45) is 16.3. The van der Waals surface area contributed by atoms with Crippen LogP contribution in [0, 0.1) is 87.8 Å². The maximum Gasteiger partial charge on any atom is -0.0235 e. The predicted molar refractivity (Wildman–Crippen MR) is 163 cm³/mol. The van der Waals surface area contributed by atoms with E-state index in [-0.39, 0.29) is 0 Å². The molecule has 0 amide bonds. The van der Waals surface area contributed by atoms with E-state index < -0.39 is 0 Å². The molecule has 0 N–H and O–H groups in total. The Balaban J connectivity index is 1.40. The first kappa shape index (κ1) is 30.0. The van der Waals surface area contributed by atoms with Crippen molar-refractivity contribution in [1.82, 2.24) is 0 Å². The van der Waals surface area contributed by atoms with E-state index in [1.165, 1.54) is 44.9 Å². The lowest BCUT2D eigenvalue weighted by Gasteiger charge is -2.33. The third-order valence-corrected chi connectivity index (χ3v) is 13.2. The largest absolute Gasteiger partial charge is 0.0654 e. The molecule has 4 saturated carbocycles. The molecule has 0 radical (unpaired) electrons. The van der Waals surface area contributed by atoms with Gasteiger partial charge < -0.3 is 0 Å². The Bertz CT molecular complexity index is 734. The van der Waals surface area contributed by atoms with Crippen LogP contribution in [0.25, 0.3) is 0 Å². The van der Waals surface area contributed by atoms with Crippen LogP contribution in [0.3, 0.4) is 0 Å². The van der Waals surface area contributed by atoms with Gasteiger partial charge in [-0.1, -0.05) is 95.4 Å². The lowest BCUT2D eigenvalue weighted by Crippen LogP contribution is -2.23. The SMILES string of the molecule is CCCC(C)C1CC1C1(CC(CC2C(CC(C)(CCC)CC(C)C3CC3C)C2C(C)C)C(C)C)CC1C. The van der Waals surface area contributed by atoms with Crippen LogP contribution >= 0.6 is 0 Å². The second-order valence-corrected chi connectivity index (χ2v) is 17.0. The van der Waals surface area contributed by atoms with Crippen molar-refractivity contribution in [2.45, 2.75) is 147 Å². The van der Waals surface area contributed by atoms with Gasteiger partial charge in [-0.2, -0.15) is 0 Å². The normalized spacial score (nSPS) is 42.4. The molecule has 4 rings (SSSR count). The van der Waals surface area contributed by atoms with Crippen LogP contribution in [-0.4, -0.2) is 0 Å². The summed E-state index contributed by atoms with van der Waals surface area (Å²) in [5.41, 5.74) is 1.30. The van der Waals surface area contributed by atoms with Gasteiger partial charge >= 0.3 is 0 Å². The first-order valence-electron chi connectivity index (χ1n) is 17.4. The Kier molecular flexibility index (Phi) is 9.29. The standard InChI is InChI=1S/C37H68/c1-12-14-25(7)31-18-34(31)37(20-28(37)10)21-29(23(3)4)17-32-33(35(32)24(5)6)22-36(11,15-13-2)19-27(9)30-16-26(30)8/h23-35H,12-22H2,1-11H3. The maximum atomic E-state index is 2.69. The highest BCUT2D eigenvalue weighted by atomic mass is 14.7. The lowest BCUT2D eigenvalue weighted by atomic mass is 9.72. The van der Waals surface area contributed by atoms with Crippen molar-refractivity contribution in [3.8, 4) is 0 Å². The monoisotopic (exact) mass is 513 g/mol. The molecule has 13 unspecified atom stereocenters. The fourth-order valence-electron chi connectivity index (χ4n) is 10.7. The number of hydrogen-bond acceptors (Lipinski definition) is 0. The van der Waals surface area contributed by atoms with Gasteiger partial charge in [0.2, 0.25) is 0 Å². The molecule has 0 aliphatic heterocycles. The summed E-state index contributed by atoms with van der Waals surface area (Å²) in [6, 6.07) is 0. The van der Waals surface area contributed by atoms with E-state index in [4.69, 9.17) is 0 Å². The van der Waals surface area contributed by atoms with Crippen LogP contribution in [0.15, 0.2) is 0 Å². The molecule has 4 fully saturated rings. The molecule has 4 aliphatic carbocycles. The molecule has 0 aromatic heterocycles. The van der Waals surface area contributed by atoms with Crippen LogP contribution in [0.1, 0.15) is 147 Å². The Morgan fingerprint density at radius 2 is 1.51 bits per heavy atom. The summed E-state index contributed by atoms with van der Waals surface area (Å²) in [7, 11) is 0. The minimum absolute atomic E-state index is 0.569. The van der Waals surface area contributed by atoms with E-state index in [1.54, 1.807) is 25.7 Å². The van der Waals surface area contributed by atoms with Crippen molar-refractivity contribution >= 4 is 0 Å². The van der Waals surface area contributed by atoms with Gasteiger partial charge in [-0.3, -0.25) is 0 Å². The van der Waals surface area contributed by atoms with Gasteiger partial charge in [0.05, 0.1) is 0 Å². The summed E-state index contributed by atoms with van der Waals surface area (Å²) in [4.78, 5) is 0. The zero-order valence-electron chi connectivity index (χ0n) is 27.3. The van der Waals surface area contributed by atoms with E-state index in [0.29, 0.717) is 5.41 Å². The first-order chi connectivity index (χ1) is 17.4. The van der Waals surface area contributed by atoms with Crippen molar-refractivity contribution in [2.24, 2.45) is 87.8 Å². The molecule has 0 heterocycles. The molecule has 0 aromatic carbocycles. The molecule has 37 heavy (non-hydrogen) atoms. The Morgan fingerprint density at radius 1 is 0.865 bits per heavy atom. The van der Waals surface area contributed by atoms with E-state index in [9.17, 15) is 0 Å². The quantitative estimate of drug-likeness (QED) is 0.182. The third kappa shape index (κ3) is 6.67. The van der Waals surface area contributed by atoms with Gasteiger partial charge in [-0.25, -0.2) is 0 Å². The minimum atomic E-state index is 0.569. The Morgan fingerprint density at radius 3 is 2.00 bits per heavy atom. The molecular weight excluding hydrogens is 444 g/mol. The number of rotatable bonds is 17. The molecule has 216 valence electrons. The molecule has 0 aromatic rings. The Labute approximate surface area is 234 Å². The van der Waals surface area contributed by atoms with E-state index in [1.807, 2.05) is 0 Å². The molecule has 0 bridgehead atoms. The van der Waals surface area contributed by atoms with Gasteiger partial charge in [0.25, 0.3) is 0 Å². The van der Waals surface area contributed by atoms with Crippen molar-refractivity contribution in [2.75, 3.05) is 0 Å². The predicted octanol–water partition coefficient (Wildman–Crippen LogP) is 11.5. The highest BCUT2D eigenvalue weighted by Gasteiger charge is 2.65. The second kappa shape index (κ2) is 11.5. The molecule has 0 spiro atoms. The highest BCUT2D eigenvalue weighted by Crippen LogP contribution is 2.72. The van der Waals surface area contributed by atoms with E-state index in [2.05, 4.69) is 76.2 Å². The summed E-state index contributed by atoms with van der Waals surface area (Å²) in [5, 5.41) is 0. The summed E-state index contributed by atoms with van der Waals surface area (Å²) >= 11 is 0. The molecular formula is C37H68. The van der Waals surface area contributed by atoms with Crippen molar-refractivity contribution in [1.29, 1.82) is 0 Å². The molecule has 0 heteroatoms. The third-order valence-electron chi connectivity index (χ3n) is 13.2. The topological polar surface area (TPSA) is 0 Å². The van der Waals surface area contributed by atoms with Gasteiger partial charge in [-0.15, -0.1) is 0 Å². The van der Waals surface area contributed by atoms with Crippen molar-refractivity contribution < 1.29 is 0 Å². The van der Waals surface area contributed by atoms with Gasteiger partial charge in [0.1, 0.15) is 0 Å². The van der Waals surface area contributed by atoms with Crippen molar-refractivity contribution in [3.05, 3.63) is 0 Å². The van der Waals surface area contributed by atoms with Gasteiger partial charge in [0, 0.05) is 0 Å². The second-order valence-electron chi connectivity index (χ2n) is 17.0. The maximum absolute atomic E-state index is 2.69. The zero-order chi connectivity index (χ0) is 27.3. The van der Waals surface area contributed by atoms with Gasteiger partial charge in [-0.05, 0) is 139 Å². The van der Waals surface area contributed by atoms with Crippen LogP contribution in [0.5, 0.6) is 0 Å². The van der Waals surface area contributed by atoms with Crippen LogP contribution < -0.4 is 0 Å². The molecule has 0 nitrogen and oxygen atoms in total. The van der Waals surface area contributed by atoms with Crippen LogP contribution in [0.2, 0.25) is 0 Å². The lowest BCUT2D eigenvalue weighted by molar-refractivity contribution is 0.173. The number of hydrogen-bond donors (Lipinski definition) is 0. The fourth-order valence-corrected chi connectivity index (χ4v) is 10.7. The van der Waals surface area contributed by atoms with Gasteiger partial charge in [0.15, 0.2) is 0 Å². The minimum Gasteiger partial charge on any atom is -0.0654 e. The summed E-state index contributed by atoms with van der Waals surface area (Å²) < 4.78 is 0. The first-order valence-corrected chi connectivity index (χ1v) is 17.4. The van der Waals surface area contributed by atoms with E-state index in [0.717, 1.165) is 82.3 Å². The average molecular weight is 513 g/mol. The molecule has 4 aliphatic rings. The molecule has 0 saturated heterocycles. The van der Waals surface area contributed by atoms with Crippen molar-refractivity contribution in [3.63, 3.8) is 0 Å². The van der Waals surface area contributed by atoms with Crippen LogP contribution in [-0.2, 0) is 0 Å². The highest BCUT2D eigenvalue weighted by molar-refractivity contribution is 5.14. The smallest absolute Gasteiger partial charge is 0.0235 e. The zero-order valence-corrected chi connectivity index (χ0v) is 27.3. The summed E-state index contributed by atoms with van der Waals surface area (Å²) in [5.74, 6) is 12.7. The summed E-state index contributed by atoms with van der Waals surface area (Å²) in [6.45, 7) is 28.0. The fraction of sp³-hybridized carbons (Fsp3) is 1.00. The van der Waals surface area contributed by atoms with E-state index >= 15 is 0 Å². The molecule has 13 atom stereocenters. The van der Waals surface area contributed by atoms with Crippen LogP contribution in [0.4, 0.5) is 0 Å².